The number of nitrogens with two attached hydrogens (primary N) is 1. The summed E-state index contributed by atoms with van der Waals surface area (Å²) in [5, 5.41) is 5.53. The highest BCUT2D eigenvalue weighted by Gasteiger charge is 2.21. The van der Waals surface area contributed by atoms with Crippen molar-refractivity contribution in [3.8, 4) is 0 Å². The van der Waals surface area contributed by atoms with Crippen LogP contribution in [0.1, 0.15) is 30.5 Å². The molecule has 9 heteroatoms. The molecular weight excluding hydrogens is 422 g/mol. The van der Waals surface area contributed by atoms with Crippen molar-refractivity contribution in [2.75, 3.05) is 6.61 Å². The fourth-order valence-electron chi connectivity index (χ4n) is 2.87. The Morgan fingerprint density at radius 1 is 1.00 bits per heavy atom. The van der Waals surface area contributed by atoms with Crippen LogP contribution >= 0.6 is 11.6 Å². The number of amides is 3. The van der Waals surface area contributed by atoms with E-state index in [9.17, 15) is 19.2 Å². The molecule has 2 aromatic rings. The van der Waals surface area contributed by atoms with E-state index >= 15 is 0 Å². The topological polar surface area (TPSA) is 128 Å². The van der Waals surface area contributed by atoms with Crippen molar-refractivity contribution in [2.24, 2.45) is 5.73 Å². The predicted octanol–water partition coefficient (Wildman–Crippen LogP) is 2.30. The minimum atomic E-state index is -0.810. The monoisotopic (exact) mass is 445 g/mol. The number of nitrogens with one attached hydrogen (secondary N) is 2. The second-order valence-corrected chi connectivity index (χ2v) is 7.33. The van der Waals surface area contributed by atoms with Crippen LogP contribution in [0.5, 0.6) is 0 Å². The van der Waals surface area contributed by atoms with E-state index in [0.29, 0.717) is 17.0 Å². The first-order valence-corrected chi connectivity index (χ1v) is 9.93. The zero-order valence-electron chi connectivity index (χ0n) is 17.0. The Hall–Kier alpha value is -3.39. The standard InChI is InChI=1S/C22H24ClN3O5/c1-14(27)18(11-15-5-3-2-4-6-15)25-20(28)13-31-21(29)12-19(26-22(24)30)16-7-9-17(23)10-8-16/h2-10,18-19H,11-13H2,1H3,(H,25,28)(H3,24,26,30). The molecule has 0 heterocycles. The summed E-state index contributed by atoms with van der Waals surface area (Å²) in [7, 11) is 0. The maximum atomic E-state index is 12.2. The first kappa shape index (κ1) is 23.9. The smallest absolute Gasteiger partial charge is 0.312 e. The van der Waals surface area contributed by atoms with Crippen LogP contribution in [-0.2, 0) is 25.5 Å². The molecule has 2 unspecified atom stereocenters. The Morgan fingerprint density at radius 2 is 1.65 bits per heavy atom. The lowest BCUT2D eigenvalue weighted by atomic mass is 10.0. The van der Waals surface area contributed by atoms with Gasteiger partial charge in [-0.1, -0.05) is 54.1 Å². The summed E-state index contributed by atoms with van der Waals surface area (Å²) >= 11 is 5.86. The maximum Gasteiger partial charge on any atom is 0.312 e. The van der Waals surface area contributed by atoms with Crippen LogP contribution in [0.3, 0.4) is 0 Å². The third kappa shape index (κ3) is 8.47. The van der Waals surface area contributed by atoms with Crippen LogP contribution in [-0.4, -0.2) is 36.3 Å². The average molecular weight is 446 g/mol. The van der Waals surface area contributed by atoms with Gasteiger partial charge in [-0.05, 0) is 36.6 Å². The van der Waals surface area contributed by atoms with E-state index < -0.39 is 36.6 Å². The molecule has 0 radical (unpaired) electrons. The van der Waals surface area contributed by atoms with Crippen LogP contribution < -0.4 is 16.4 Å². The van der Waals surface area contributed by atoms with Crippen molar-refractivity contribution in [1.29, 1.82) is 0 Å². The minimum Gasteiger partial charge on any atom is -0.456 e. The van der Waals surface area contributed by atoms with Crippen molar-refractivity contribution in [3.05, 3.63) is 70.7 Å². The van der Waals surface area contributed by atoms with Crippen LogP contribution in [0.25, 0.3) is 0 Å². The average Bonchev–Trinajstić information content (AvgIpc) is 2.72. The third-order valence-corrected chi connectivity index (χ3v) is 4.68. The molecular formula is C22H24ClN3O5. The largest absolute Gasteiger partial charge is 0.456 e. The molecule has 31 heavy (non-hydrogen) atoms. The summed E-state index contributed by atoms with van der Waals surface area (Å²) in [5.74, 6) is -1.53. The Kier molecular flexibility index (Phi) is 9.02. The molecule has 0 aliphatic carbocycles. The van der Waals surface area contributed by atoms with Crippen LogP contribution in [0, 0.1) is 0 Å². The lowest BCUT2D eigenvalue weighted by molar-refractivity contribution is -0.149. The van der Waals surface area contributed by atoms with Crippen molar-refractivity contribution < 1.29 is 23.9 Å². The highest BCUT2D eigenvalue weighted by molar-refractivity contribution is 6.30. The van der Waals surface area contributed by atoms with Gasteiger partial charge in [0.05, 0.1) is 18.5 Å². The lowest BCUT2D eigenvalue weighted by Crippen LogP contribution is -2.43. The lowest BCUT2D eigenvalue weighted by Gasteiger charge is -2.18. The van der Waals surface area contributed by atoms with Crippen LogP contribution in [0.4, 0.5) is 4.79 Å². The molecule has 8 nitrogen and oxygen atoms in total. The number of primary amides is 1. The quantitative estimate of drug-likeness (QED) is 0.483. The molecule has 2 rings (SSSR count). The number of urea groups is 1. The Balaban J connectivity index is 1.90. The number of carbonyl (C=O) groups is 4. The van der Waals surface area contributed by atoms with Crippen molar-refractivity contribution >= 4 is 35.3 Å². The first-order chi connectivity index (χ1) is 14.7. The fourth-order valence-corrected chi connectivity index (χ4v) is 3.00. The minimum absolute atomic E-state index is 0.211. The van der Waals surface area contributed by atoms with Crippen LogP contribution in [0.15, 0.2) is 54.6 Å². The second kappa shape index (κ2) is 11.7. The van der Waals surface area contributed by atoms with E-state index in [4.69, 9.17) is 22.1 Å². The molecule has 2 aromatic carbocycles. The van der Waals surface area contributed by atoms with E-state index in [1.165, 1.54) is 6.92 Å². The number of esters is 1. The summed E-state index contributed by atoms with van der Waals surface area (Å²) in [4.78, 5) is 47.5. The van der Waals surface area contributed by atoms with Gasteiger partial charge < -0.3 is 21.1 Å². The van der Waals surface area contributed by atoms with Gasteiger partial charge in [-0.3, -0.25) is 14.4 Å². The number of carbonyl (C=O) groups excluding carboxylic acids is 4. The van der Waals surface area contributed by atoms with Gasteiger partial charge in [-0.15, -0.1) is 0 Å². The summed E-state index contributed by atoms with van der Waals surface area (Å²) in [6.45, 7) is 0.827. The molecule has 0 aliphatic heterocycles. The Bertz CT molecular complexity index is 919. The number of hydrogen-bond acceptors (Lipinski definition) is 5. The Labute approximate surface area is 185 Å². The van der Waals surface area contributed by atoms with Gasteiger partial charge >= 0.3 is 12.0 Å². The normalized spacial score (nSPS) is 12.3. The molecule has 0 spiro atoms. The first-order valence-electron chi connectivity index (χ1n) is 9.55. The molecule has 0 fully saturated rings. The van der Waals surface area contributed by atoms with Crippen molar-refractivity contribution in [1.82, 2.24) is 10.6 Å². The van der Waals surface area contributed by atoms with E-state index in [0.717, 1.165) is 5.56 Å². The second-order valence-electron chi connectivity index (χ2n) is 6.90. The van der Waals surface area contributed by atoms with Crippen LogP contribution in [0.2, 0.25) is 5.02 Å². The van der Waals surface area contributed by atoms with E-state index in [2.05, 4.69) is 10.6 Å². The molecule has 0 aromatic heterocycles. The van der Waals surface area contributed by atoms with Crippen molar-refractivity contribution in [2.45, 2.75) is 31.8 Å². The number of hydrogen-bond donors (Lipinski definition) is 3. The highest BCUT2D eigenvalue weighted by atomic mass is 35.5. The number of ketones is 1. The summed E-state index contributed by atoms with van der Waals surface area (Å²) in [5.41, 5.74) is 6.67. The molecule has 0 aliphatic rings. The third-order valence-electron chi connectivity index (χ3n) is 4.43. The number of halogens is 1. The molecule has 3 amide bonds. The molecule has 4 N–H and O–H groups in total. The maximum absolute atomic E-state index is 12.2. The predicted molar refractivity (Wildman–Crippen MR) is 115 cm³/mol. The summed E-state index contributed by atoms with van der Waals surface area (Å²) in [6, 6.07) is 13.5. The molecule has 2 atom stereocenters. The fraction of sp³-hybridized carbons (Fsp3) is 0.273. The summed E-state index contributed by atoms with van der Waals surface area (Å²) < 4.78 is 5.01. The highest BCUT2D eigenvalue weighted by Crippen LogP contribution is 2.20. The van der Waals surface area contributed by atoms with Gasteiger partial charge in [0, 0.05) is 5.02 Å². The molecule has 0 saturated heterocycles. The summed E-state index contributed by atoms with van der Waals surface area (Å²) in [6.07, 6.45) is 0.0923. The van der Waals surface area contributed by atoms with Crippen molar-refractivity contribution in [3.63, 3.8) is 0 Å². The van der Waals surface area contributed by atoms with Gasteiger partial charge in [0.2, 0.25) is 0 Å². The zero-order chi connectivity index (χ0) is 22.8. The molecule has 164 valence electrons. The van der Waals surface area contributed by atoms with E-state index in [-0.39, 0.29) is 12.2 Å². The zero-order valence-corrected chi connectivity index (χ0v) is 17.7. The molecule has 0 saturated carbocycles. The van der Waals surface area contributed by atoms with Gasteiger partial charge in [0.1, 0.15) is 0 Å². The van der Waals surface area contributed by atoms with Gasteiger partial charge in [-0.2, -0.15) is 0 Å². The number of Topliss-reactive ketones (excluding diaryl/α,β-unsaturated/α-hetero) is 1. The number of rotatable bonds is 10. The van der Waals surface area contributed by atoms with Gasteiger partial charge in [-0.25, -0.2) is 4.79 Å². The van der Waals surface area contributed by atoms with E-state index in [1.807, 2.05) is 30.3 Å². The molecule has 0 bridgehead atoms. The number of benzene rings is 2. The number of ether oxygens (including phenoxy) is 1. The van der Waals surface area contributed by atoms with Gasteiger partial charge in [0.15, 0.2) is 12.4 Å². The van der Waals surface area contributed by atoms with E-state index in [1.54, 1.807) is 24.3 Å². The SMILES string of the molecule is CC(=O)C(Cc1ccccc1)NC(=O)COC(=O)CC(NC(N)=O)c1ccc(Cl)cc1. The van der Waals surface area contributed by atoms with Gasteiger partial charge in [0.25, 0.3) is 5.91 Å². The Morgan fingerprint density at radius 3 is 2.23 bits per heavy atom.